The normalized spacial score (nSPS) is 10.7. The van der Waals surface area contributed by atoms with Crippen LogP contribution < -0.4 is 4.74 Å². The first-order chi connectivity index (χ1) is 6.83. The van der Waals surface area contributed by atoms with E-state index < -0.39 is 0 Å². The average molecular weight is 191 g/mol. The lowest BCUT2D eigenvalue weighted by atomic mass is 10.2. The van der Waals surface area contributed by atoms with Gasteiger partial charge in [0.05, 0.1) is 7.11 Å². The molecule has 0 aliphatic heterocycles. The lowest BCUT2D eigenvalue weighted by Gasteiger charge is -1.97. The van der Waals surface area contributed by atoms with Crippen molar-refractivity contribution in [3.05, 3.63) is 30.0 Å². The lowest BCUT2D eigenvalue weighted by molar-refractivity contribution is 0.298. The van der Waals surface area contributed by atoms with Gasteiger partial charge < -0.3 is 14.8 Å². The van der Waals surface area contributed by atoms with Crippen molar-refractivity contribution in [2.24, 2.45) is 0 Å². The molecule has 0 radical (unpaired) electrons. The molecule has 3 nitrogen and oxygen atoms in total. The Hall–Kier alpha value is -1.48. The maximum atomic E-state index is 8.80. The first kappa shape index (κ1) is 9.09. The van der Waals surface area contributed by atoms with Gasteiger partial charge in [0.2, 0.25) is 0 Å². The van der Waals surface area contributed by atoms with E-state index in [0.717, 1.165) is 22.3 Å². The summed E-state index contributed by atoms with van der Waals surface area (Å²) in [7, 11) is 1.65. The van der Waals surface area contributed by atoms with Crippen molar-refractivity contribution in [2.45, 2.75) is 6.42 Å². The Morgan fingerprint density at radius 3 is 2.93 bits per heavy atom. The van der Waals surface area contributed by atoms with Crippen LogP contribution in [0.5, 0.6) is 5.75 Å². The number of benzene rings is 1. The van der Waals surface area contributed by atoms with Crippen molar-refractivity contribution >= 4 is 10.9 Å². The topological polar surface area (TPSA) is 45.2 Å². The number of hydrogen-bond donors (Lipinski definition) is 2. The summed E-state index contributed by atoms with van der Waals surface area (Å²) < 4.78 is 5.12. The fourth-order valence-electron chi connectivity index (χ4n) is 1.55. The first-order valence-corrected chi connectivity index (χ1v) is 4.60. The number of nitrogens with one attached hydrogen (secondary N) is 1. The minimum absolute atomic E-state index is 0.171. The Balaban J connectivity index is 2.43. The van der Waals surface area contributed by atoms with Gasteiger partial charge in [0, 0.05) is 30.3 Å². The molecular formula is C11H13NO2. The van der Waals surface area contributed by atoms with Crippen molar-refractivity contribution < 1.29 is 9.84 Å². The quantitative estimate of drug-likeness (QED) is 0.775. The van der Waals surface area contributed by atoms with Crippen LogP contribution in [0.15, 0.2) is 24.3 Å². The van der Waals surface area contributed by atoms with Gasteiger partial charge in [0.25, 0.3) is 0 Å². The van der Waals surface area contributed by atoms with E-state index in [9.17, 15) is 0 Å². The molecule has 0 bridgehead atoms. The monoisotopic (exact) mass is 191 g/mol. The van der Waals surface area contributed by atoms with E-state index in [1.165, 1.54) is 0 Å². The van der Waals surface area contributed by atoms with Gasteiger partial charge >= 0.3 is 0 Å². The zero-order chi connectivity index (χ0) is 9.97. The van der Waals surface area contributed by atoms with Crippen molar-refractivity contribution in [3.63, 3.8) is 0 Å². The summed E-state index contributed by atoms with van der Waals surface area (Å²) in [4.78, 5) is 3.23. The summed E-state index contributed by atoms with van der Waals surface area (Å²) in [5.41, 5.74) is 2.10. The molecule has 14 heavy (non-hydrogen) atoms. The van der Waals surface area contributed by atoms with Gasteiger partial charge in [-0.1, -0.05) is 0 Å². The van der Waals surface area contributed by atoms with Crippen LogP contribution >= 0.6 is 0 Å². The molecule has 0 amide bonds. The highest BCUT2D eigenvalue weighted by molar-refractivity contribution is 5.81. The van der Waals surface area contributed by atoms with Crippen LogP contribution in [0.1, 0.15) is 5.69 Å². The lowest BCUT2D eigenvalue weighted by Crippen LogP contribution is -1.89. The molecule has 0 fully saturated rings. The molecule has 0 unspecified atom stereocenters. The van der Waals surface area contributed by atoms with Crippen LogP contribution in [0.4, 0.5) is 0 Å². The maximum Gasteiger partial charge on any atom is 0.120 e. The average Bonchev–Trinajstić information content (AvgIpc) is 2.59. The molecule has 2 N–H and O–H groups in total. The molecule has 1 aromatic heterocycles. The molecule has 1 heterocycles. The smallest absolute Gasteiger partial charge is 0.120 e. The molecule has 0 saturated carbocycles. The predicted octanol–water partition coefficient (Wildman–Crippen LogP) is 1.71. The highest BCUT2D eigenvalue weighted by atomic mass is 16.5. The van der Waals surface area contributed by atoms with Crippen molar-refractivity contribution in [2.75, 3.05) is 13.7 Å². The van der Waals surface area contributed by atoms with E-state index in [1.54, 1.807) is 7.11 Å². The number of H-pyrrole nitrogens is 1. The Morgan fingerprint density at radius 2 is 2.21 bits per heavy atom. The van der Waals surface area contributed by atoms with Crippen molar-refractivity contribution in [3.8, 4) is 5.75 Å². The van der Waals surface area contributed by atoms with E-state index in [0.29, 0.717) is 6.42 Å². The number of methoxy groups -OCH3 is 1. The number of fused-ring (bicyclic) bond motifs is 1. The largest absolute Gasteiger partial charge is 0.497 e. The number of aliphatic hydroxyl groups excluding tert-OH is 1. The van der Waals surface area contributed by atoms with Gasteiger partial charge in [0.15, 0.2) is 0 Å². The summed E-state index contributed by atoms with van der Waals surface area (Å²) >= 11 is 0. The molecular weight excluding hydrogens is 178 g/mol. The van der Waals surface area contributed by atoms with Crippen LogP contribution in [0, 0.1) is 0 Å². The SMILES string of the molecule is COc1ccc2cc(CCO)[nH]c2c1. The van der Waals surface area contributed by atoms with E-state index in [4.69, 9.17) is 9.84 Å². The number of rotatable bonds is 3. The molecule has 1 aromatic carbocycles. The second-order valence-electron chi connectivity index (χ2n) is 3.22. The molecule has 2 aromatic rings. The Labute approximate surface area is 82.3 Å². The summed E-state index contributed by atoms with van der Waals surface area (Å²) in [5, 5.41) is 9.95. The molecule has 0 saturated heterocycles. The Bertz CT molecular complexity index is 434. The number of aromatic nitrogens is 1. The maximum absolute atomic E-state index is 8.80. The van der Waals surface area contributed by atoms with E-state index in [2.05, 4.69) is 4.98 Å². The minimum Gasteiger partial charge on any atom is -0.497 e. The number of ether oxygens (including phenoxy) is 1. The van der Waals surface area contributed by atoms with Gasteiger partial charge in [0.1, 0.15) is 5.75 Å². The second-order valence-corrected chi connectivity index (χ2v) is 3.22. The fourth-order valence-corrected chi connectivity index (χ4v) is 1.55. The highest BCUT2D eigenvalue weighted by Gasteiger charge is 2.01. The molecule has 0 aliphatic carbocycles. The number of aromatic amines is 1. The van der Waals surface area contributed by atoms with Crippen molar-refractivity contribution in [1.29, 1.82) is 0 Å². The molecule has 0 atom stereocenters. The van der Waals surface area contributed by atoms with E-state index in [-0.39, 0.29) is 6.61 Å². The Morgan fingerprint density at radius 1 is 1.36 bits per heavy atom. The molecule has 0 spiro atoms. The second kappa shape index (κ2) is 3.72. The number of aliphatic hydroxyl groups is 1. The molecule has 74 valence electrons. The third-order valence-electron chi connectivity index (χ3n) is 2.27. The zero-order valence-corrected chi connectivity index (χ0v) is 8.08. The van der Waals surface area contributed by atoms with Crippen LogP contribution in [-0.2, 0) is 6.42 Å². The summed E-state index contributed by atoms with van der Waals surface area (Å²) in [6, 6.07) is 7.94. The standard InChI is InChI=1S/C11H13NO2/c1-14-10-3-2-8-6-9(4-5-13)12-11(8)7-10/h2-3,6-7,12-13H,4-5H2,1H3. The van der Waals surface area contributed by atoms with Crippen LogP contribution in [-0.4, -0.2) is 23.8 Å². The minimum atomic E-state index is 0.171. The third kappa shape index (κ3) is 1.59. The van der Waals surface area contributed by atoms with Crippen LogP contribution in [0.2, 0.25) is 0 Å². The Kier molecular flexibility index (Phi) is 2.41. The van der Waals surface area contributed by atoms with Crippen molar-refractivity contribution in [1.82, 2.24) is 4.98 Å². The predicted molar refractivity (Wildman–Crippen MR) is 55.6 cm³/mol. The highest BCUT2D eigenvalue weighted by Crippen LogP contribution is 2.21. The number of hydrogen-bond acceptors (Lipinski definition) is 2. The molecule has 2 rings (SSSR count). The fraction of sp³-hybridized carbons (Fsp3) is 0.273. The third-order valence-corrected chi connectivity index (χ3v) is 2.27. The van der Waals surface area contributed by atoms with Gasteiger partial charge in [-0.25, -0.2) is 0 Å². The summed E-state index contributed by atoms with van der Waals surface area (Å²) in [6.07, 6.45) is 0.664. The van der Waals surface area contributed by atoms with E-state index >= 15 is 0 Å². The first-order valence-electron chi connectivity index (χ1n) is 4.60. The van der Waals surface area contributed by atoms with Gasteiger partial charge in [-0.3, -0.25) is 0 Å². The van der Waals surface area contributed by atoms with Gasteiger partial charge in [-0.2, -0.15) is 0 Å². The molecule has 3 heteroatoms. The zero-order valence-electron chi connectivity index (χ0n) is 8.08. The van der Waals surface area contributed by atoms with Crippen LogP contribution in [0.3, 0.4) is 0 Å². The van der Waals surface area contributed by atoms with Gasteiger partial charge in [-0.15, -0.1) is 0 Å². The van der Waals surface area contributed by atoms with E-state index in [1.807, 2.05) is 24.3 Å². The van der Waals surface area contributed by atoms with Crippen LogP contribution in [0.25, 0.3) is 10.9 Å². The molecule has 0 aliphatic rings. The summed E-state index contributed by atoms with van der Waals surface area (Å²) in [5.74, 6) is 0.842. The van der Waals surface area contributed by atoms with Gasteiger partial charge in [-0.05, 0) is 23.6 Å². The summed E-state index contributed by atoms with van der Waals surface area (Å²) in [6.45, 7) is 0.171.